The van der Waals surface area contributed by atoms with E-state index < -0.39 is 12.0 Å². The highest BCUT2D eigenvalue weighted by Crippen LogP contribution is 2.23. The molecule has 0 aromatic heterocycles. The number of aliphatic hydroxyl groups is 1. The molecule has 3 nitrogen and oxygen atoms in total. The van der Waals surface area contributed by atoms with E-state index in [2.05, 4.69) is 5.32 Å². The number of benzene rings is 1. The third-order valence-electron chi connectivity index (χ3n) is 2.42. The summed E-state index contributed by atoms with van der Waals surface area (Å²) < 4.78 is 0. The summed E-state index contributed by atoms with van der Waals surface area (Å²) in [6.07, 6.45) is 0.708. The van der Waals surface area contributed by atoms with Crippen molar-refractivity contribution in [1.29, 1.82) is 0 Å². The molecule has 0 radical (unpaired) electrons. The summed E-state index contributed by atoms with van der Waals surface area (Å²) in [7, 11) is 0. The van der Waals surface area contributed by atoms with E-state index in [1.807, 2.05) is 13.2 Å². The molecular formula is C12H15Cl2NO2S. The van der Waals surface area contributed by atoms with Gasteiger partial charge >= 0.3 is 0 Å². The fraction of sp³-hybridized carbons (Fsp3) is 0.417. The number of thioether (sulfide) groups is 1. The molecule has 0 spiro atoms. The summed E-state index contributed by atoms with van der Waals surface area (Å²) in [5.74, 6) is -0.450. The van der Waals surface area contributed by atoms with Crippen molar-refractivity contribution in [2.24, 2.45) is 0 Å². The lowest BCUT2D eigenvalue weighted by molar-refractivity contribution is -0.129. The summed E-state index contributed by atoms with van der Waals surface area (Å²) >= 11 is 13.3. The van der Waals surface area contributed by atoms with Crippen LogP contribution in [0.15, 0.2) is 18.2 Å². The summed E-state index contributed by atoms with van der Waals surface area (Å²) in [5.41, 5.74) is 0.391. The molecule has 100 valence electrons. The third kappa shape index (κ3) is 4.69. The molecule has 0 heterocycles. The van der Waals surface area contributed by atoms with E-state index in [9.17, 15) is 9.90 Å². The fourth-order valence-corrected chi connectivity index (χ4v) is 2.10. The average molecular weight is 308 g/mol. The van der Waals surface area contributed by atoms with Crippen LogP contribution in [0, 0.1) is 0 Å². The third-order valence-corrected chi connectivity index (χ3v) is 3.82. The van der Waals surface area contributed by atoms with Gasteiger partial charge in [0.05, 0.1) is 0 Å². The molecule has 0 unspecified atom stereocenters. The molecule has 2 atom stereocenters. The number of aliphatic hydroxyl groups excluding tert-OH is 1. The second kappa shape index (κ2) is 7.24. The zero-order valence-electron chi connectivity index (χ0n) is 10.1. The minimum atomic E-state index is -1.25. The molecule has 1 amide bonds. The zero-order valence-corrected chi connectivity index (χ0v) is 12.4. The molecule has 0 saturated carbocycles. The van der Waals surface area contributed by atoms with Crippen LogP contribution in [0.1, 0.15) is 18.6 Å². The Labute approximate surface area is 121 Å². The first-order valence-corrected chi connectivity index (χ1v) is 7.43. The maximum absolute atomic E-state index is 11.7. The molecule has 0 fully saturated rings. The standard InChI is InChI=1S/C12H15Cl2NO2S/c1-7(18-2)6-15-12(17)11(16)8-3-9(13)5-10(14)4-8/h3-5,7,11,16H,6H2,1-2H3,(H,15,17)/t7-,11+/m1/s1. The number of carbonyl (C=O) groups is 1. The van der Waals surface area contributed by atoms with Crippen molar-refractivity contribution in [3.63, 3.8) is 0 Å². The van der Waals surface area contributed by atoms with Gasteiger partial charge in [0.25, 0.3) is 5.91 Å². The van der Waals surface area contributed by atoms with Crippen LogP contribution in [0.2, 0.25) is 10.0 Å². The highest BCUT2D eigenvalue weighted by atomic mass is 35.5. The summed E-state index contributed by atoms with van der Waals surface area (Å²) in [5, 5.41) is 13.6. The van der Waals surface area contributed by atoms with Crippen LogP contribution in [0.5, 0.6) is 0 Å². The number of amides is 1. The van der Waals surface area contributed by atoms with Gasteiger partial charge in [0, 0.05) is 21.8 Å². The van der Waals surface area contributed by atoms with Crippen molar-refractivity contribution >= 4 is 40.9 Å². The van der Waals surface area contributed by atoms with Gasteiger partial charge in [0.2, 0.25) is 0 Å². The Balaban J connectivity index is 2.68. The first-order valence-electron chi connectivity index (χ1n) is 5.38. The van der Waals surface area contributed by atoms with E-state index in [0.29, 0.717) is 27.4 Å². The highest BCUT2D eigenvalue weighted by molar-refractivity contribution is 7.99. The lowest BCUT2D eigenvalue weighted by Crippen LogP contribution is -2.33. The molecule has 6 heteroatoms. The largest absolute Gasteiger partial charge is 0.378 e. The van der Waals surface area contributed by atoms with Crippen molar-refractivity contribution in [3.8, 4) is 0 Å². The lowest BCUT2D eigenvalue weighted by atomic mass is 10.1. The van der Waals surface area contributed by atoms with Crippen LogP contribution in [0.3, 0.4) is 0 Å². The van der Waals surface area contributed by atoms with Crippen molar-refractivity contribution in [2.75, 3.05) is 12.8 Å². The molecule has 0 aliphatic rings. The van der Waals surface area contributed by atoms with Crippen LogP contribution in [0.25, 0.3) is 0 Å². The normalized spacial score (nSPS) is 14.1. The molecule has 1 aromatic rings. The average Bonchev–Trinajstić information content (AvgIpc) is 2.33. The summed E-state index contributed by atoms with van der Waals surface area (Å²) in [4.78, 5) is 11.7. The van der Waals surface area contributed by atoms with Crippen LogP contribution < -0.4 is 5.32 Å². The Kier molecular flexibility index (Phi) is 6.29. The number of hydrogen-bond acceptors (Lipinski definition) is 3. The predicted molar refractivity (Wildman–Crippen MR) is 77.4 cm³/mol. The summed E-state index contributed by atoms with van der Waals surface area (Å²) in [6.45, 7) is 2.50. The van der Waals surface area contributed by atoms with Gasteiger partial charge in [-0.15, -0.1) is 0 Å². The second-order valence-electron chi connectivity index (χ2n) is 3.90. The van der Waals surface area contributed by atoms with Gasteiger partial charge in [0.15, 0.2) is 6.10 Å². The van der Waals surface area contributed by atoms with Gasteiger partial charge in [-0.3, -0.25) is 4.79 Å². The van der Waals surface area contributed by atoms with E-state index in [4.69, 9.17) is 23.2 Å². The Bertz CT molecular complexity index is 408. The van der Waals surface area contributed by atoms with Crippen LogP contribution in [0.4, 0.5) is 0 Å². The van der Waals surface area contributed by atoms with E-state index in [1.54, 1.807) is 17.8 Å². The highest BCUT2D eigenvalue weighted by Gasteiger charge is 2.18. The summed E-state index contributed by atoms with van der Waals surface area (Å²) in [6, 6.07) is 4.60. The first-order chi connectivity index (χ1) is 8.43. The quantitative estimate of drug-likeness (QED) is 0.879. The van der Waals surface area contributed by atoms with Crippen molar-refractivity contribution in [3.05, 3.63) is 33.8 Å². The molecule has 0 saturated heterocycles. The Morgan fingerprint density at radius 3 is 2.44 bits per heavy atom. The SMILES string of the molecule is CS[C@H](C)CNC(=O)[C@@H](O)c1cc(Cl)cc(Cl)c1. The van der Waals surface area contributed by atoms with Gasteiger partial charge in [-0.1, -0.05) is 30.1 Å². The van der Waals surface area contributed by atoms with E-state index in [-0.39, 0.29) is 0 Å². The molecule has 1 rings (SSSR count). The van der Waals surface area contributed by atoms with Gasteiger partial charge < -0.3 is 10.4 Å². The van der Waals surface area contributed by atoms with E-state index >= 15 is 0 Å². The monoisotopic (exact) mass is 307 g/mol. The number of hydrogen-bond donors (Lipinski definition) is 2. The topological polar surface area (TPSA) is 49.3 Å². The van der Waals surface area contributed by atoms with Crippen molar-refractivity contribution < 1.29 is 9.90 Å². The molecule has 18 heavy (non-hydrogen) atoms. The number of halogens is 2. The number of rotatable bonds is 5. The maximum Gasteiger partial charge on any atom is 0.253 e. The van der Waals surface area contributed by atoms with Gasteiger partial charge in [-0.05, 0) is 30.0 Å². The minimum Gasteiger partial charge on any atom is -0.378 e. The fourth-order valence-electron chi connectivity index (χ4n) is 1.31. The van der Waals surface area contributed by atoms with Gasteiger partial charge in [-0.25, -0.2) is 0 Å². The van der Waals surface area contributed by atoms with Crippen molar-refractivity contribution in [1.82, 2.24) is 5.32 Å². The Morgan fingerprint density at radius 2 is 1.94 bits per heavy atom. The Morgan fingerprint density at radius 1 is 1.39 bits per heavy atom. The molecule has 0 bridgehead atoms. The molecule has 0 aliphatic heterocycles. The van der Waals surface area contributed by atoms with Gasteiger partial charge in [0.1, 0.15) is 0 Å². The van der Waals surface area contributed by atoms with Crippen LogP contribution in [-0.2, 0) is 4.79 Å². The van der Waals surface area contributed by atoms with Crippen LogP contribution in [-0.4, -0.2) is 29.1 Å². The molecule has 0 aliphatic carbocycles. The zero-order chi connectivity index (χ0) is 13.7. The van der Waals surface area contributed by atoms with Gasteiger partial charge in [-0.2, -0.15) is 11.8 Å². The second-order valence-corrected chi connectivity index (χ2v) is 6.05. The van der Waals surface area contributed by atoms with E-state index in [0.717, 1.165) is 0 Å². The molecule has 2 N–H and O–H groups in total. The number of nitrogens with one attached hydrogen (secondary N) is 1. The first kappa shape index (κ1) is 15.6. The smallest absolute Gasteiger partial charge is 0.253 e. The minimum absolute atomic E-state index is 0.295. The maximum atomic E-state index is 11.7. The lowest BCUT2D eigenvalue weighted by Gasteiger charge is -2.14. The van der Waals surface area contributed by atoms with Crippen molar-refractivity contribution in [2.45, 2.75) is 18.3 Å². The predicted octanol–water partition coefficient (Wildman–Crippen LogP) is 2.89. The molecular weight excluding hydrogens is 293 g/mol. The van der Waals surface area contributed by atoms with E-state index in [1.165, 1.54) is 12.1 Å². The Hall–Kier alpha value is -0.420. The van der Waals surface area contributed by atoms with Crippen LogP contribution >= 0.6 is 35.0 Å². The number of carbonyl (C=O) groups excluding carboxylic acids is 1. The molecule has 1 aromatic carbocycles.